The highest BCUT2D eigenvalue weighted by atomic mass is 19.3. The fourth-order valence-corrected chi connectivity index (χ4v) is 4.09. The van der Waals surface area contributed by atoms with Gasteiger partial charge in [0.15, 0.2) is 5.96 Å². The molecule has 0 spiro atoms. The van der Waals surface area contributed by atoms with E-state index in [1.807, 2.05) is 24.8 Å². The molecule has 1 N–H and O–H groups in total. The van der Waals surface area contributed by atoms with E-state index in [4.69, 9.17) is 4.99 Å². The van der Waals surface area contributed by atoms with Crippen LogP contribution >= 0.6 is 0 Å². The molecule has 1 atom stereocenters. The summed E-state index contributed by atoms with van der Waals surface area (Å²) >= 11 is 0. The number of hydrogen-bond acceptors (Lipinski definition) is 4. The van der Waals surface area contributed by atoms with Crippen LogP contribution in [0.5, 0.6) is 5.75 Å². The third-order valence-corrected chi connectivity index (χ3v) is 5.81. The molecule has 1 unspecified atom stereocenters. The molecule has 2 fully saturated rings. The van der Waals surface area contributed by atoms with Crippen molar-refractivity contribution in [2.24, 2.45) is 4.99 Å². The number of piperazine rings is 1. The van der Waals surface area contributed by atoms with E-state index in [0.29, 0.717) is 6.54 Å². The number of ether oxygens (including phenoxy) is 1. The van der Waals surface area contributed by atoms with E-state index in [0.717, 1.165) is 70.2 Å². The second-order valence-corrected chi connectivity index (χ2v) is 7.93. The lowest BCUT2D eigenvalue weighted by molar-refractivity contribution is -0.135. The molecule has 2 heterocycles. The van der Waals surface area contributed by atoms with Gasteiger partial charge in [-0.1, -0.05) is 12.1 Å². The maximum Gasteiger partial charge on any atom is 0.387 e. The zero-order chi connectivity index (χ0) is 22.2. The first-order valence-electron chi connectivity index (χ1n) is 11.1. The molecule has 1 aromatic carbocycles. The average Bonchev–Trinajstić information content (AvgIpc) is 3.30. The molecule has 0 aromatic heterocycles. The van der Waals surface area contributed by atoms with E-state index in [9.17, 15) is 13.6 Å². The van der Waals surface area contributed by atoms with Gasteiger partial charge in [0.05, 0.1) is 12.6 Å². The topological polar surface area (TPSA) is 60.4 Å². The van der Waals surface area contributed by atoms with Gasteiger partial charge in [0.2, 0.25) is 5.91 Å². The van der Waals surface area contributed by atoms with Crippen LogP contribution in [0.4, 0.5) is 8.78 Å². The molecule has 0 aliphatic carbocycles. The second-order valence-electron chi connectivity index (χ2n) is 7.93. The van der Waals surface area contributed by atoms with Crippen LogP contribution in [0.15, 0.2) is 29.3 Å². The average molecular weight is 438 g/mol. The fourth-order valence-electron chi connectivity index (χ4n) is 4.09. The first-order chi connectivity index (χ1) is 15.0. The SMILES string of the molecule is CCNC(=NCc1cccc(OC(F)F)c1)N1CCN(C(C)C(=O)N2CCCC2)CC1. The Morgan fingerprint density at radius 1 is 1.13 bits per heavy atom. The molecule has 2 aliphatic rings. The Bertz CT molecular complexity index is 747. The van der Waals surface area contributed by atoms with Crippen molar-refractivity contribution in [3.05, 3.63) is 29.8 Å². The number of guanidine groups is 1. The number of halogens is 2. The number of carbonyl (C=O) groups is 1. The van der Waals surface area contributed by atoms with Crippen LogP contribution in [0.2, 0.25) is 0 Å². The molecule has 1 amide bonds. The van der Waals surface area contributed by atoms with Gasteiger partial charge in [-0.2, -0.15) is 8.78 Å². The first kappa shape index (κ1) is 23.2. The number of likely N-dealkylation sites (tertiary alicyclic amines) is 1. The molecular formula is C22H33F2N5O2. The molecule has 1 aromatic rings. The second kappa shape index (κ2) is 11.3. The van der Waals surface area contributed by atoms with Crippen molar-refractivity contribution < 1.29 is 18.3 Å². The van der Waals surface area contributed by atoms with Crippen molar-refractivity contribution in [1.29, 1.82) is 0 Å². The maximum absolute atomic E-state index is 12.7. The molecule has 7 nitrogen and oxygen atoms in total. The molecular weight excluding hydrogens is 404 g/mol. The van der Waals surface area contributed by atoms with Crippen LogP contribution in [0, 0.1) is 0 Å². The lowest BCUT2D eigenvalue weighted by atomic mass is 10.2. The van der Waals surface area contributed by atoms with Gasteiger partial charge < -0.3 is 19.9 Å². The van der Waals surface area contributed by atoms with E-state index in [1.165, 1.54) is 6.07 Å². The minimum atomic E-state index is -2.84. The normalized spacial score (nSPS) is 19.1. The molecule has 31 heavy (non-hydrogen) atoms. The molecule has 172 valence electrons. The molecule has 0 radical (unpaired) electrons. The lowest BCUT2D eigenvalue weighted by Gasteiger charge is -2.39. The van der Waals surface area contributed by atoms with E-state index >= 15 is 0 Å². The van der Waals surface area contributed by atoms with Gasteiger partial charge in [-0.3, -0.25) is 9.69 Å². The molecule has 2 aliphatic heterocycles. The van der Waals surface area contributed by atoms with Crippen molar-refractivity contribution in [1.82, 2.24) is 20.0 Å². The van der Waals surface area contributed by atoms with E-state index in [1.54, 1.807) is 12.1 Å². The summed E-state index contributed by atoms with van der Waals surface area (Å²) in [6, 6.07) is 6.52. The predicted octanol–water partition coefficient (Wildman–Crippen LogP) is 2.38. The number of alkyl halides is 2. The number of rotatable bonds is 7. The van der Waals surface area contributed by atoms with Gasteiger partial charge in [0.1, 0.15) is 5.75 Å². The summed E-state index contributed by atoms with van der Waals surface area (Å²) in [7, 11) is 0. The van der Waals surface area contributed by atoms with Crippen LogP contribution in [-0.2, 0) is 11.3 Å². The lowest BCUT2D eigenvalue weighted by Crippen LogP contribution is -2.57. The maximum atomic E-state index is 12.7. The minimum absolute atomic E-state index is 0.0997. The number of aliphatic imine (C=N–C) groups is 1. The van der Waals surface area contributed by atoms with Crippen molar-refractivity contribution in [3.63, 3.8) is 0 Å². The number of nitrogens with one attached hydrogen (secondary N) is 1. The number of amides is 1. The first-order valence-corrected chi connectivity index (χ1v) is 11.1. The van der Waals surface area contributed by atoms with Gasteiger partial charge >= 0.3 is 6.61 Å². The summed E-state index contributed by atoms with van der Waals surface area (Å²) in [4.78, 5) is 23.8. The van der Waals surface area contributed by atoms with E-state index in [2.05, 4.69) is 19.9 Å². The van der Waals surface area contributed by atoms with Gasteiger partial charge in [-0.05, 0) is 44.4 Å². The smallest absolute Gasteiger partial charge is 0.387 e. The van der Waals surface area contributed by atoms with Crippen molar-refractivity contribution in [2.45, 2.75) is 45.9 Å². The van der Waals surface area contributed by atoms with Crippen LogP contribution in [0.1, 0.15) is 32.3 Å². The summed E-state index contributed by atoms with van der Waals surface area (Å²) < 4.78 is 29.4. The summed E-state index contributed by atoms with van der Waals surface area (Å²) in [5.74, 6) is 1.16. The molecule has 0 saturated carbocycles. The Hall–Kier alpha value is -2.42. The van der Waals surface area contributed by atoms with Crippen molar-refractivity contribution >= 4 is 11.9 Å². The number of carbonyl (C=O) groups excluding carboxylic acids is 1. The summed E-state index contributed by atoms with van der Waals surface area (Å²) in [5.41, 5.74) is 0.803. The number of nitrogens with zero attached hydrogens (tertiary/aromatic N) is 4. The summed E-state index contributed by atoms with van der Waals surface area (Å²) in [6.07, 6.45) is 2.21. The summed E-state index contributed by atoms with van der Waals surface area (Å²) in [6.45, 7) is 7.18. The molecule has 0 bridgehead atoms. The zero-order valence-corrected chi connectivity index (χ0v) is 18.4. The fraction of sp³-hybridized carbons (Fsp3) is 0.636. The quantitative estimate of drug-likeness (QED) is 0.524. The Balaban J connectivity index is 1.56. The van der Waals surface area contributed by atoms with Gasteiger partial charge in [-0.25, -0.2) is 4.99 Å². The number of hydrogen-bond donors (Lipinski definition) is 1. The predicted molar refractivity (Wildman–Crippen MR) is 116 cm³/mol. The Labute approximate surface area is 183 Å². The standard InChI is InChI=1S/C22H33F2N5O2/c1-3-25-22(26-16-18-7-6-8-19(15-18)31-21(23)24)29-13-11-27(12-14-29)17(2)20(30)28-9-4-5-10-28/h6-8,15,17,21H,3-5,9-14,16H2,1-2H3,(H,25,26). The third-order valence-electron chi connectivity index (χ3n) is 5.81. The Morgan fingerprint density at radius 2 is 1.84 bits per heavy atom. The Morgan fingerprint density at radius 3 is 2.48 bits per heavy atom. The van der Waals surface area contributed by atoms with Crippen molar-refractivity contribution in [2.75, 3.05) is 45.8 Å². The highest BCUT2D eigenvalue weighted by Gasteiger charge is 2.30. The van der Waals surface area contributed by atoms with E-state index in [-0.39, 0.29) is 17.7 Å². The van der Waals surface area contributed by atoms with Gasteiger partial charge in [-0.15, -0.1) is 0 Å². The Kier molecular flexibility index (Phi) is 8.45. The molecule has 2 saturated heterocycles. The van der Waals surface area contributed by atoms with Gasteiger partial charge in [0.25, 0.3) is 0 Å². The molecule has 3 rings (SSSR count). The number of benzene rings is 1. The molecule has 9 heteroatoms. The van der Waals surface area contributed by atoms with Gasteiger partial charge in [0, 0.05) is 45.8 Å². The largest absolute Gasteiger partial charge is 0.435 e. The van der Waals surface area contributed by atoms with Crippen LogP contribution in [0.25, 0.3) is 0 Å². The van der Waals surface area contributed by atoms with Crippen LogP contribution < -0.4 is 10.1 Å². The highest BCUT2D eigenvalue weighted by Crippen LogP contribution is 2.17. The zero-order valence-electron chi connectivity index (χ0n) is 18.4. The highest BCUT2D eigenvalue weighted by molar-refractivity contribution is 5.82. The van der Waals surface area contributed by atoms with Crippen molar-refractivity contribution in [3.8, 4) is 5.75 Å². The summed E-state index contributed by atoms with van der Waals surface area (Å²) in [5, 5.41) is 3.31. The van der Waals surface area contributed by atoms with E-state index < -0.39 is 6.61 Å². The minimum Gasteiger partial charge on any atom is -0.435 e. The van der Waals surface area contributed by atoms with Crippen LogP contribution in [-0.4, -0.2) is 85.0 Å². The third kappa shape index (κ3) is 6.53. The van der Waals surface area contributed by atoms with Crippen LogP contribution in [0.3, 0.4) is 0 Å². The monoisotopic (exact) mass is 437 g/mol.